The van der Waals surface area contributed by atoms with Crippen LogP contribution in [0.5, 0.6) is 5.75 Å². The summed E-state index contributed by atoms with van der Waals surface area (Å²) < 4.78 is 43.7. The fourth-order valence-corrected chi connectivity index (χ4v) is 5.26. The zero-order chi connectivity index (χ0) is 27.6. The number of carbonyl (C=O) groups excluding carboxylic acids is 1. The summed E-state index contributed by atoms with van der Waals surface area (Å²) in [5.74, 6) is -0.251. The maximum atomic E-state index is 13.3. The van der Waals surface area contributed by atoms with E-state index in [4.69, 9.17) is 11.6 Å². The molecule has 1 amide bonds. The molecule has 3 heterocycles. The highest BCUT2D eigenvalue weighted by Gasteiger charge is 2.31. The van der Waals surface area contributed by atoms with Gasteiger partial charge in [0.05, 0.1) is 5.52 Å². The normalized spacial score (nSPS) is 14.1. The SMILES string of the molecule is O=C(NCc1ccnc(Cl)c1)n1c2c(c3cc(Br)ccc31)CN(C/C=C/c1ccc(OC(F)(F)F)cc1)CC2. The van der Waals surface area contributed by atoms with E-state index in [1.807, 2.05) is 36.4 Å². The van der Waals surface area contributed by atoms with Gasteiger partial charge in [-0.25, -0.2) is 9.78 Å². The Labute approximate surface area is 236 Å². The van der Waals surface area contributed by atoms with Gasteiger partial charge in [-0.15, -0.1) is 13.2 Å². The van der Waals surface area contributed by atoms with Crippen LogP contribution in [0.3, 0.4) is 0 Å². The van der Waals surface area contributed by atoms with Gasteiger partial charge in [-0.2, -0.15) is 0 Å². The zero-order valence-corrected chi connectivity index (χ0v) is 22.9. The molecule has 1 aliphatic heterocycles. The van der Waals surface area contributed by atoms with Crippen molar-refractivity contribution in [3.63, 3.8) is 0 Å². The maximum absolute atomic E-state index is 13.3. The van der Waals surface area contributed by atoms with Gasteiger partial charge < -0.3 is 10.1 Å². The van der Waals surface area contributed by atoms with Crippen LogP contribution < -0.4 is 10.1 Å². The monoisotopic (exact) mass is 618 g/mol. The van der Waals surface area contributed by atoms with Crippen molar-refractivity contribution in [1.82, 2.24) is 19.8 Å². The molecular formula is C28H23BrClF3N4O2. The van der Waals surface area contributed by atoms with E-state index in [0.29, 0.717) is 31.2 Å². The summed E-state index contributed by atoms with van der Waals surface area (Å²) >= 11 is 9.53. The first-order chi connectivity index (χ1) is 18.7. The Bertz CT molecular complexity index is 1540. The summed E-state index contributed by atoms with van der Waals surface area (Å²) in [6.07, 6.45) is 1.43. The van der Waals surface area contributed by atoms with Crippen molar-refractivity contribution < 1.29 is 22.7 Å². The molecule has 1 aliphatic rings. The van der Waals surface area contributed by atoms with Crippen molar-refractivity contribution in [2.75, 3.05) is 13.1 Å². The van der Waals surface area contributed by atoms with Gasteiger partial charge >= 0.3 is 12.4 Å². The van der Waals surface area contributed by atoms with E-state index in [1.54, 1.807) is 29.0 Å². The van der Waals surface area contributed by atoms with Gasteiger partial charge in [0.25, 0.3) is 0 Å². The summed E-state index contributed by atoms with van der Waals surface area (Å²) in [5.41, 5.74) is 4.55. The molecule has 0 unspecified atom stereocenters. The van der Waals surface area contributed by atoms with Crippen molar-refractivity contribution >= 4 is 50.5 Å². The van der Waals surface area contributed by atoms with Crippen LogP contribution in [0.4, 0.5) is 18.0 Å². The number of pyridine rings is 1. The highest BCUT2D eigenvalue weighted by atomic mass is 79.9. The molecule has 0 aliphatic carbocycles. The van der Waals surface area contributed by atoms with E-state index in [0.717, 1.165) is 44.3 Å². The number of carbonyl (C=O) groups is 1. The standard InChI is InChI=1S/C28H23BrClF3N4O2/c29-20-5-8-24-22(15-20)23-17-36(12-1-2-18-3-6-21(7-4-18)39-28(31,32)33)13-10-25(23)37(24)27(38)35-16-19-9-11-34-26(30)14-19/h1-9,11,14-15H,10,12-13,16-17H2,(H,35,38)/b2-1+. The number of aromatic nitrogens is 2. The molecular weight excluding hydrogens is 597 g/mol. The zero-order valence-electron chi connectivity index (χ0n) is 20.5. The molecule has 0 fully saturated rings. The van der Waals surface area contributed by atoms with Crippen molar-refractivity contribution in [1.29, 1.82) is 0 Å². The van der Waals surface area contributed by atoms with Gasteiger partial charge in [0.15, 0.2) is 0 Å². The van der Waals surface area contributed by atoms with E-state index in [2.05, 4.69) is 35.9 Å². The highest BCUT2D eigenvalue weighted by Crippen LogP contribution is 2.33. The molecule has 4 aromatic rings. The number of amides is 1. The van der Waals surface area contributed by atoms with Crippen LogP contribution in [-0.2, 0) is 19.5 Å². The van der Waals surface area contributed by atoms with Crippen LogP contribution in [0, 0.1) is 0 Å². The molecule has 0 atom stereocenters. The fraction of sp³-hybridized carbons (Fsp3) is 0.214. The number of hydrogen-bond donors (Lipinski definition) is 1. The predicted octanol–water partition coefficient (Wildman–Crippen LogP) is 7.18. The Morgan fingerprint density at radius 3 is 2.69 bits per heavy atom. The molecule has 6 nitrogen and oxygen atoms in total. The lowest BCUT2D eigenvalue weighted by molar-refractivity contribution is -0.274. The molecule has 202 valence electrons. The molecule has 0 saturated carbocycles. The third kappa shape index (κ3) is 6.63. The minimum atomic E-state index is -4.71. The van der Waals surface area contributed by atoms with Crippen LogP contribution in [0.25, 0.3) is 17.0 Å². The van der Waals surface area contributed by atoms with Gasteiger partial charge in [0, 0.05) is 54.3 Å². The summed E-state index contributed by atoms with van der Waals surface area (Å²) in [4.78, 5) is 19.6. The lowest BCUT2D eigenvalue weighted by atomic mass is 10.0. The first-order valence-electron chi connectivity index (χ1n) is 12.1. The van der Waals surface area contributed by atoms with E-state index in [-0.39, 0.29) is 11.8 Å². The van der Waals surface area contributed by atoms with Crippen LogP contribution in [0.1, 0.15) is 22.4 Å². The number of fused-ring (bicyclic) bond motifs is 3. The van der Waals surface area contributed by atoms with Crippen molar-refractivity contribution in [2.45, 2.75) is 25.9 Å². The minimum Gasteiger partial charge on any atom is -0.406 e. The smallest absolute Gasteiger partial charge is 0.406 e. The molecule has 1 N–H and O–H groups in total. The van der Waals surface area contributed by atoms with Crippen molar-refractivity contribution in [2.24, 2.45) is 0 Å². The predicted molar refractivity (Wildman–Crippen MR) is 148 cm³/mol. The van der Waals surface area contributed by atoms with Gasteiger partial charge in [0.1, 0.15) is 10.9 Å². The Balaban J connectivity index is 1.30. The Hall–Kier alpha value is -3.34. The maximum Gasteiger partial charge on any atom is 0.573 e. The van der Waals surface area contributed by atoms with Crippen molar-refractivity contribution in [3.8, 4) is 5.75 Å². The first kappa shape index (κ1) is 27.2. The molecule has 0 bridgehead atoms. The highest BCUT2D eigenvalue weighted by molar-refractivity contribution is 9.10. The fourth-order valence-electron chi connectivity index (χ4n) is 4.70. The molecule has 2 aromatic heterocycles. The second kappa shape index (κ2) is 11.4. The average molecular weight is 620 g/mol. The number of ether oxygens (including phenoxy) is 1. The minimum absolute atomic E-state index is 0.206. The van der Waals surface area contributed by atoms with Gasteiger partial charge in [-0.1, -0.05) is 51.8 Å². The molecule has 0 radical (unpaired) electrons. The molecule has 39 heavy (non-hydrogen) atoms. The molecule has 11 heteroatoms. The number of alkyl halides is 3. The third-order valence-corrected chi connectivity index (χ3v) is 7.11. The Kier molecular flexibility index (Phi) is 7.97. The third-order valence-electron chi connectivity index (χ3n) is 6.41. The second-order valence-corrected chi connectivity index (χ2v) is 10.4. The van der Waals surface area contributed by atoms with E-state index >= 15 is 0 Å². The Morgan fingerprint density at radius 1 is 1.15 bits per heavy atom. The van der Waals surface area contributed by atoms with Gasteiger partial charge in [0.2, 0.25) is 0 Å². The largest absolute Gasteiger partial charge is 0.573 e. The van der Waals surface area contributed by atoms with Crippen LogP contribution in [0.2, 0.25) is 5.15 Å². The quantitative estimate of drug-likeness (QED) is 0.232. The van der Waals surface area contributed by atoms with Crippen LogP contribution in [0.15, 0.2) is 71.3 Å². The number of benzene rings is 2. The summed E-state index contributed by atoms with van der Waals surface area (Å²) in [5, 5.41) is 4.38. The summed E-state index contributed by atoms with van der Waals surface area (Å²) in [6, 6.07) is 15.0. The molecule has 0 saturated heterocycles. The van der Waals surface area contributed by atoms with Crippen LogP contribution in [-0.4, -0.2) is 39.9 Å². The second-order valence-electron chi connectivity index (χ2n) is 9.07. The number of halogens is 5. The number of nitrogens with zero attached hydrogens (tertiary/aromatic N) is 3. The first-order valence-corrected chi connectivity index (χ1v) is 13.3. The number of hydrogen-bond acceptors (Lipinski definition) is 4. The van der Waals surface area contributed by atoms with Crippen molar-refractivity contribution in [3.05, 3.63) is 98.9 Å². The lowest BCUT2D eigenvalue weighted by Gasteiger charge is -2.27. The molecule has 0 spiro atoms. The van der Waals surface area contributed by atoms with Gasteiger partial charge in [-0.3, -0.25) is 9.47 Å². The Morgan fingerprint density at radius 2 is 1.95 bits per heavy atom. The van der Waals surface area contributed by atoms with E-state index in [9.17, 15) is 18.0 Å². The number of nitrogens with one attached hydrogen (secondary N) is 1. The lowest BCUT2D eigenvalue weighted by Crippen LogP contribution is -2.34. The average Bonchev–Trinajstić information content (AvgIpc) is 3.20. The van der Waals surface area contributed by atoms with Gasteiger partial charge in [-0.05, 0) is 59.2 Å². The van der Waals surface area contributed by atoms with E-state index in [1.165, 1.54) is 12.1 Å². The topological polar surface area (TPSA) is 59.4 Å². The molecule has 2 aromatic carbocycles. The summed E-state index contributed by atoms with van der Waals surface area (Å²) in [6.45, 7) is 2.38. The molecule has 5 rings (SSSR count). The van der Waals surface area contributed by atoms with Crippen LogP contribution >= 0.6 is 27.5 Å². The summed E-state index contributed by atoms with van der Waals surface area (Å²) in [7, 11) is 0. The number of rotatable bonds is 6. The van der Waals surface area contributed by atoms with E-state index < -0.39 is 6.36 Å².